The Balaban J connectivity index is 1.59. The SMILES string of the molecule is COc1ccc(-c2cc3c(=O)n(CC(=O)Nc4cccc(C)c4C)ccn3n2)cc1. The van der Waals surface area contributed by atoms with E-state index in [-0.39, 0.29) is 18.0 Å². The molecule has 0 fully saturated rings. The maximum absolute atomic E-state index is 12.9. The molecular weight excluding hydrogens is 380 g/mol. The second-order valence-electron chi connectivity index (χ2n) is 7.11. The summed E-state index contributed by atoms with van der Waals surface area (Å²) in [7, 11) is 1.61. The smallest absolute Gasteiger partial charge is 0.277 e. The molecule has 7 heteroatoms. The number of hydrogen-bond donors (Lipinski definition) is 1. The van der Waals surface area contributed by atoms with E-state index < -0.39 is 0 Å². The summed E-state index contributed by atoms with van der Waals surface area (Å²) in [6.07, 6.45) is 3.25. The van der Waals surface area contributed by atoms with Crippen LogP contribution in [0, 0.1) is 13.8 Å². The van der Waals surface area contributed by atoms with Crippen molar-refractivity contribution >= 4 is 17.1 Å². The van der Waals surface area contributed by atoms with Crippen LogP contribution in [0.2, 0.25) is 0 Å². The Hall–Kier alpha value is -3.87. The summed E-state index contributed by atoms with van der Waals surface area (Å²) in [5, 5.41) is 7.35. The number of amides is 1. The highest BCUT2D eigenvalue weighted by Crippen LogP contribution is 2.22. The summed E-state index contributed by atoms with van der Waals surface area (Å²) < 4.78 is 8.09. The van der Waals surface area contributed by atoms with Crippen LogP contribution >= 0.6 is 0 Å². The first-order chi connectivity index (χ1) is 14.5. The Morgan fingerprint density at radius 1 is 1.10 bits per heavy atom. The first-order valence-corrected chi connectivity index (χ1v) is 9.55. The molecule has 1 amide bonds. The Labute approximate surface area is 173 Å². The molecule has 4 rings (SSSR count). The van der Waals surface area contributed by atoms with Crippen LogP contribution < -0.4 is 15.6 Å². The minimum Gasteiger partial charge on any atom is -0.497 e. The fourth-order valence-electron chi connectivity index (χ4n) is 3.28. The van der Waals surface area contributed by atoms with Crippen molar-refractivity contribution < 1.29 is 9.53 Å². The van der Waals surface area contributed by atoms with Gasteiger partial charge in [-0.3, -0.25) is 9.59 Å². The van der Waals surface area contributed by atoms with E-state index in [0.717, 1.165) is 28.1 Å². The normalized spacial score (nSPS) is 10.9. The lowest BCUT2D eigenvalue weighted by Crippen LogP contribution is -2.28. The van der Waals surface area contributed by atoms with Crippen molar-refractivity contribution in [1.29, 1.82) is 0 Å². The van der Waals surface area contributed by atoms with E-state index in [1.54, 1.807) is 25.6 Å². The largest absolute Gasteiger partial charge is 0.497 e. The van der Waals surface area contributed by atoms with Gasteiger partial charge in [-0.25, -0.2) is 4.52 Å². The molecule has 0 spiro atoms. The first-order valence-electron chi connectivity index (χ1n) is 9.55. The number of methoxy groups -OCH3 is 1. The van der Waals surface area contributed by atoms with E-state index in [1.165, 1.54) is 9.08 Å². The topological polar surface area (TPSA) is 77.6 Å². The van der Waals surface area contributed by atoms with Crippen LogP contribution in [0.4, 0.5) is 5.69 Å². The van der Waals surface area contributed by atoms with Gasteiger partial charge >= 0.3 is 0 Å². The van der Waals surface area contributed by atoms with Crippen LogP contribution in [0.15, 0.2) is 65.7 Å². The van der Waals surface area contributed by atoms with Crippen molar-refractivity contribution in [1.82, 2.24) is 14.2 Å². The molecule has 2 heterocycles. The van der Waals surface area contributed by atoms with E-state index in [1.807, 2.05) is 56.3 Å². The number of benzene rings is 2. The minimum absolute atomic E-state index is 0.0776. The molecule has 7 nitrogen and oxygen atoms in total. The molecule has 0 aliphatic carbocycles. The zero-order chi connectivity index (χ0) is 21.3. The van der Waals surface area contributed by atoms with E-state index in [4.69, 9.17) is 4.74 Å². The number of carbonyl (C=O) groups excluding carboxylic acids is 1. The average Bonchev–Trinajstić information content (AvgIpc) is 3.19. The van der Waals surface area contributed by atoms with Crippen molar-refractivity contribution in [2.45, 2.75) is 20.4 Å². The average molecular weight is 402 g/mol. The molecule has 0 aliphatic rings. The lowest BCUT2D eigenvalue weighted by atomic mass is 10.1. The van der Waals surface area contributed by atoms with Crippen molar-refractivity contribution in [2.24, 2.45) is 0 Å². The molecule has 30 heavy (non-hydrogen) atoms. The van der Waals surface area contributed by atoms with Crippen LogP contribution in [-0.2, 0) is 11.3 Å². The Morgan fingerprint density at radius 3 is 2.60 bits per heavy atom. The summed E-state index contributed by atoms with van der Waals surface area (Å²) in [4.78, 5) is 25.4. The number of nitrogens with one attached hydrogen (secondary N) is 1. The molecule has 0 aliphatic heterocycles. The van der Waals surface area contributed by atoms with Gasteiger partial charge in [0.15, 0.2) is 0 Å². The lowest BCUT2D eigenvalue weighted by molar-refractivity contribution is -0.116. The third-order valence-corrected chi connectivity index (χ3v) is 5.18. The van der Waals surface area contributed by atoms with Crippen molar-refractivity contribution in [3.8, 4) is 17.0 Å². The van der Waals surface area contributed by atoms with Gasteiger partial charge in [0, 0.05) is 23.6 Å². The molecule has 2 aromatic heterocycles. The number of hydrogen-bond acceptors (Lipinski definition) is 4. The fourth-order valence-corrected chi connectivity index (χ4v) is 3.28. The molecule has 152 valence electrons. The molecule has 4 aromatic rings. The second-order valence-corrected chi connectivity index (χ2v) is 7.11. The Bertz CT molecular complexity index is 1290. The zero-order valence-electron chi connectivity index (χ0n) is 17.0. The molecule has 1 N–H and O–H groups in total. The predicted molar refractivity (Wildman–Crippen MR) is 116 cm³/mol. The van der Waals surface area contributed by atoms with Gasteiger partial charge < -0.3 is 14.6 Å². The fraction of sp³-hybridized carbons (Fsp3) is 0.174. The van der Waals surface area contributed by atoms with Gasteiger partial charge in [-0.15, -0.1) is 0 Å². The number of rotatable bonds is 5. The van der Waals surface area contributed by atoms with E-state index in [2.05, 4.69) is 10.4 Å². The molecule has 0 radical (unpaired) electrons. The molecule has 0 saturated heterocycles. The highest BCUT2D eigenvalue weighted by atomic mass is 16.5. The summed E-state index contributed by atoms with van der Waals surface area (Å²) in [5.41, 5.74) is 4.53. The predicted octanol–water partition coefficient (Wildman–Crippen LogP) is 3.43. The van der Waals surface area contributed by atoms with Crippen LogP contribution in [0.3, 0.4) is 0 Å². The summed E-state index contributed by atoms with van der Waals surface area (Å²) in [6, 6.07) is 14.9. The number of aromatic nitrogens is 3. The minimum atomic E-state index is -0.277. The van der Waals surface area contributed by atoms with E-state index in [9.17, 15) is 9.59 Å². The molecule has 0 unspecified atom stereocenters. The second kappa shape index (κ2) is 7.87. The third kappa shape index (κ3) is 3.69. The number of fused-ring (bicyclic) bond motifs is 1. The number of aryl methyl sites for hydroxylation is 1. The highest BCUT2D eigenvalue weighted by Gasteiger charge is 2.12. The van der Waals surface area contributed by atoms with E-state index in [0.29, 0.717) is 11.2 Å². The van der Waals surface area contributed by atoms with Crippen LogP contribution in [-0.4, -0.2) is 27.2 Å². The Kier molecular flexibility index (Phi) is 5.10. The van der Waals surface area contributed by atoms with Gasteiger partial charge in [0.25, 0.3) is 5.56 Å². The van der Waals surface area contributed by atoms with Crippen molar-refractivity contribution in [3.05, 3.63) is 82.4 Å². The monoisotopic (exact) mass is 402 g/mol. The van der Waals surface area contributed by atoms with Crippen LogP contribution in [0.5, 0.6) is 5.75 Å². The van der Waals surface area contributed by atoms with Gasteiger partial charge in [0.1, 0.15) is 17.8 Å². The molecular formula is C23H22N4O3. The van der Waals surface area contributed by atoms with Crippen LogP contribution in [0.1, 0.15) is 11.1 Å². The standard InChI is InChI=1S/C23H22N4O3/c1-15-5-4-6-19(16(15)2)24-22(28)14-26-11-12-27-21(23(26)29)13-20(25-27)17-7-9-18(30-3)10-8-17/h4-13H,14H2,1-3H3,(H,24,28). The van der Waals surface area contributed by atoms with Gasteiger partial charge in [0.2, 0.25) is 5.91 Å². The number of nitrogens with zero attached hydrogens (tertiary/aromatic N) is 3. The zero-order valence-corrected chi connectivity index (χ0v) is 17.0. The number of ether oxygens (including phenoxy) is 1. The van der Waals surface area contributed by atoms with Gasteiger partial charge in [-0.2, -0.15) is 5.10 Å². The summed E-state index contributed by atoms with van der Waals surface area (Å²) in [6.45, 7) is 3.87. The number of anilines is 1. The maximum Gasteiger partial charge on any atom is 0.277 e. The quantitative estimate of drug-likeness (QED) is 0.555. The molecule has 0 saturated carbocycles. The van der Waals surface area contributed by atoms with Crippen LogP contribution in [0.25, 0.3) is 16.8 Å². The van der Waals surface area contributed by atoms with Crippen molar-refractivity contribution in [2.75, 3.05) is 12.4 Å². The maximum atomic E-state index is 12.9. The number of carbonyl (C=O) groups is 1. The van der Waals surface area contributed by atoms with Gasteiger partial charge in [-0.05, 0) is 61.4 Å². The van der Waals surface area contributed by atoms with Crippen molar-refractivity contribution in [3.63, 3.8) is 0 Å². The molecule has 0 bridgehead atoms. The molecule has 2 aromatic carbocycles. The van der Waals surface area contributed by atoms with E-state index >= 15 is 0 Å². The van der Waals surface area contributed by atoms with Gasteiger partial charge in [0.05, 0.1) is 12.8 Å². The summed E-state index contributed by atoms with van der Waals surface area (Å²) >= 11 is 0. The highest BCUT2D eigenvalue weighted by molar-refractivity contribution is 5.91. The summed E-state index contributed by atoms with van der Waals surface area (Å²) in [5.74, 6) is 0.491. The third-order valence-electron chi connectivity index (χ3n) is 5.18. The lowest BCUT2D eigenvalue weighted by Gasteiger charge is -2.11. The Morgan fingerprint density at radius 2 is 1.87 bits per heavy atom. The first kappa shape index (κ1) is 19.4. The van der Waals surface area contributed by atoms with Gasteiger partial charge in [-0.1, -0.05) is 12.1 Å². The molecule has 0 atom stereocenters.